The van der Waals surface area contributed by atoms with E-state index in [1.165, 1.54) is 6.07 Å². The first-order valence-electron chi connectivity index (χ1n) is 4.95. The molecule has 1 aromatic carbocycles. The van der Waals surface area contributed by atoms with Gasteiger partial charge in [0, 0.05) is 5.92 Å². The van der Waals surface area contributed by atoms with E-state index in [0.29, 0.717) is 0 Å². The molecule has 1 aromatic rings. The molecule has 0 radical (unpaired) electrons. The lowest BCUT2D eigenvalue weighted by Crippen LogP contribution is -2.10. The normalized spacial score (nSPS) is 12.8. The summed E-state index contributed by atoms with van der Waals surface area (Å²) >= 11 is 0. The molecular weight excluding hydrogens is 195 g/mol. The Bertz CT molecular complexity index is 347. The zero-order valence-corrected chi connectivity index (χ0v) is 8.90. The van der Waals surface area contributed by atoms with Crippen molar-refractivity contribution >= 4 is 5.97 Å². The average molecular weight is 210 g/mol. The predicted molar refractivity (Wildman–Crippen MR) is 57.0 cm³/mol. The topological polar surface area (TPSA) is 37.3 Å². The van der Waals surface area contributed by atoms with Gasteiger partial charge in [-0.15, -0.1) is 0 Å². The lowest BCUT2D eigenvalue weighted by molar-refractivity contribution is 0.0696. The number of alkyl halides is 1. The Morgan fingerprint density at radius 1 is 1.47 bits per heavy atom. The molecule has 1 atom stereocenters. The molecule has 1 rings (SSSR count). The van der Waals surface area contributed by atoms with E-state index in [0.717, 1.165) is 5.56 Å². The zero-order valence-electron chi connectivity index (χ0n) is 8.90. The number of aromatic carboxylic acids is 1. The second-order valence-electron chi connectivity index (χ2n) is 3.94. The van der Waals surface area contributed by atoms with Crippen molar-refractivity contribution in [2.75, 3.05) is 6.67 Å². The maximum Gasteiger partial charge on any atom is 0.335 e. The maximum absolute atomic E-state index is 12.8. The summed E-state index contributed by atoms with van der Waals surface area (Å²) in [6.07, 6.45) is 0. The molecule has 82 valence electrons. The van der Waals surface area contributed by atoms with Gasteiger partial charge in [-0.25, -0.2) is 4.79 Å². The third-order valence-corrected chi connectivity index (χ3v) is 2.53. The van der Waals surface area contributed by atoms with Crippen molar-refractivity contribution in [3.05, 3.63) is 35.4 Å². The second-order valence-corrected chi connectivity index (χ2v) is 3.94. The summed E-state index contributed by atoms with van der Waals surface area (Å²) in [5.41, 5.74) is 0.971. The summed E-state index contributed by atoms with van der Waals surface area (Å²) in [6.45, 7) is 3.40. The van der Waals surface area contributed by atoms with Gasteiger partial charge in [-0.2, -0.15) is 0 Å². The number of carbonyl (C=O) groups is 1. The molecule has 0 heterocycles. The van der Waals surface area contributed by atoms with Gasteiger partial charge in [-0.3, -0.25) is 4.39 Å². The lowest BCUT2D eigenvalue weighted by Gasteiger charge is -2.17. The Hall–Kier alpha value is -1.38. The summed E-state index contributed by atoms with van der Waals surface area (Å²) in [6, 6.07) is 6.49. The van der Waals surface area contributed by atoms with E-state index in [2.05, 4.69) is 0 Å². The van der Waals surface area contributed by atoms with Crippen LogP contribution >= 0.6 is 0 Å². The smallest absolute Gasteiger partial charge is 0.335 e. The maximum atomic E-state index is 12.8. The molecule has 0 fully saturated rings. The highest BCUT2D eigenvalue weighted by Gasteiger charge is 2.16. The predicted octanol–water partition coefficient (Wildman–Crippen LogP) is 3.09. The molecule has 15 heavy (non-hydrogen) atoms. The van der Waals surface area contributed by atoms with E-state index in [1.807, 2.05) is 13.8 Å². The highest BCUT2D eigenvalue weighted by Crippen LogP contribution is 2.25. The summed E-state index contributed by atoms with van der Waals surface area (Å²) in [7, 11) is 0. The van der Waals surface area contributed by atoms with Gasteiger partial charge < -0.3 is 5.11 Å². The number of hydrogen-bond donors (Lipinski definition) is 1. The van der Waals surface area contributed by atoms with Crippen LogP contribution in [-0.2, 0) is 0 Å². The molecule has 0 saturated carbocycles. The molecule has 0 spiro atoms. The second kappa shape index (κ2) is 4.91. The molecule has 0 saturated heterocycles. The largest absolute Gasteiger partial charge is 0.478 e. The highest BCUT2D eigenvalue weighted by molar-refractivity contribution is 5.87. The number of halogens is 1. The first-order valence-corrected chi connectivity index (χ1v) is 4.95. The van der Waals surface area contributed by atoms with Crippen molar-refractivity contribution < 1.29 is 14.3 Å². The van der Waals surface area contributed by atoms with E-state index in [4.69, 9.17) is 5.11 Å². The molecule has 0 aliphatic rings. The van der Waals surface area contributed by atoms with Crippen molar-refractivity contribution in [2.45, 2.75) is 19.8 Å². The van der Waals surface area contributed by atoms with Gasteiger partial charge in [0.15, 0.2) is 0 Å². The fourth-order valence-electron chi connectivity index (χ4n) is 1.55. The quantitative estimate of drug-likeness (QED) is 0.829. The van der Waals surface area contributed by atoms with Crippen LogP contribution in [0.2, 0.25) is 0 Å². The molecule has 0 aliphatic carbocycles. The SMILES string of the molecule is CC(C)C(CF)c1cccc(C(=O)O)c1. The zero-order chi connectivity index (χ0) is 11.4. The molecule has 0 amide bonds. The monoisotopic (exact) mass is 210 g/mol. The minimum absolute atomic E-state index is 0.166. The fraction of sp³-hybridized carbons (Fsp3) is 0.417. The van der Waals surface area contributed by atoms with Crippen LogP contribution in [0.4, 0.5) is 4.39 Å². The minimum atomic E-state index is -0.974. The highest BCUT2D eigenvalue weighted by atomic mass is 19.1. The molecule has 2 nitrogen and oxygen atoms in total. The van der Waals surface area contributed by atoms with E-state index < -0.39 is 12.6 Å². The van der Waals surface area contributed by atoms with Crippen molar-refractivity contribution in [1.29, 1.82) is 0 Å². The number of benzene rings is 1. The van der Waals surface area contributed by atoms with Crippen LogP contribution in [0.5, 0.6) is 0 Å². The Labute approximate surface area is 88.7 Å². The van der Waals surface area contributed by atoms with Crippen LogP contribution < -0.4 is 0 Å². The van der Waals surface area contributed by atoms with Gasteiger partial charge in [0.1, 0.15) is 0 Å². The van der Waals surface area contributed by atoms with E-state index >= 15 is 0 Å². The Kier molecular flexibility index (Phi) is 3.83. The van der Waals surface area contributed by atoms with Crippen molar-refractivity contribution in [2.24, 2.45) is 5.92 Å². The van der Waals surface area contributed by atoms with Crippen molar-refractivity contribution in [3.8, 4) is 0 Å². The minimum Gasteiger partial charge on any atom is -0.478 e. The van der Waals surface area contributed by atoms with Gasteiger partial charge in [0.05, 0.1) is 12.2 Å². The molecule has 0 bridgehead atoms. The Morgan fingerprint density at radius 3 is 2.60 bits per heavy atom. The van der Waals surface area contributed by atoms with Crippen LogP contribution in [0.15, 0.2) is 24.3 Å². The first kappa shape index (κ1) is 11.7. The summed E-state index contributed by atoms with van der Waals surface area (Å²) in [5, 5.41) is 8.81. The van der Waals surface area contributed by atoms with Crippen molar-refractivity contribution in [1.82, 2.24) is 0 Å². The van der Waals surface area contributed by atoms with Crippen LogP contribution in [0.25, 0.3) is 0 Å². The summed E-state index contributed by atoms with van der Waals surface area (Å²) in [5.74, 6) is -1.03. The van der Waals surface area contributed by atoms with Gasteiger partial charge in [-0.05, 0) is 23.6 Å². The fourth-order valence-corrected chi connectivity index (χ4v) is 1.55. The number of carboxylic acids is 1. The number of hydrogen-bond acceptors (Lipinski definition) is 1. The van der Waals surface area contributed by atoms with E-state index in [1.54, 1.807) is 18.2 Å². The molecule has 0 aromatic heterocycles. The first-order chi connectivity index (χ1) is 7.06. The Balaban J connectivity index is 3.03. The van der Waals surface area contributed by atoms with Gasteiger partial charge in [-0.1, -0.05) is 26.0 Å². The lowest BCUT2D eigenvalue weighted by atomic mass is 9.89. The third kappa shape index (κ3) is 2.78. The molecule has 1 unspecified atom stereocenters. The average Bonchev–Trinajstić information content (AvgIpc) is 2.18. The number of carboxylic acid groups (broad SMARTS) is 1. The van der Waals surface area contributed by atoms with Crippen LogP contribution in [0.3, 0.4) is 0 Å². The Morgan fingerprint density at radius 2 is 2.13 bits per heavy atom. The van der Waals surface area contributed by atoms with Gasteiger partial charge in [0.2, 0.25) is 0 Å². The van der Waals surface area contributed by atoms with Crippen LogP contribution in [-0.4, -0.2) is 17.8 Å². The van der Waals surface area contributed by atoms with Gasteiger partial charge >= 0.3 is 5.97 Å². The number of rotatable bonds is 4. The van der Waals surface area contributed by atoms with Crippen LogP contribution in [0, 0.1) is 5.92 Å². The standard InChI is InChI=1S/C12H15FO2/c1-8(2)11(7-13)9-4-3-5-10(6-9)12(14)15/h3-6,8,11H,7H2,1-2H3,(H,14,15). The third-order valence-electron chi connectivity index (χ3n) is 2.53. The van der Waals surface area contributed by atoms with Crippen molar-refractivity contribution in [3.63, 3.8) is 0 Å². The summed E-state index contributed by atoms with van der Waals surface area (Å²) < 4.78 is 12.8. The molecular formula is C12H15FO2. The van der Waals surface area contributed by atoms with E-state index in [9.17, 15) is 9.18 Å². The van der Waals surface area contributed by atoms with Gasteiger partial charge in [0.25, 0.3) is 0 Å². The molecule has 0 aliphatic heterocycles. The summed E-state index contributed by atoms with van der Waals surface area (Å²) in [4.78, 5) is 10.7. The van der Waals surface area contributed by atoms with Crippen LogP contribution in [0.1, 0.15) is 35.7 Å². The van der Waals surface area contributed by atoms with E-state index in [-0.39, 0.29) is 17.4 Å². The molecule has 1 N–H and O–H groups in total. The molecule has 3 heteroatoms.